The van der Waals surface area contributed by atoms with Gasteiger partial charge in [-0.15, -0.1) is 0 Å². The summed E-state index contributed by atoms with van der Waals surface area (Å²) in [5, 5.41) is 9.19. The van der Waals surface area contributed by atoms with E-state index in [2.05, 4.69) is 16.8 Å². The maximum absolute atomic E-state index is 12.1. The van der Waals surface area contributed by atoms with E-state index in [1.807, 2.05) is 19.1 Å². The fourth-order valence-corrected chi connectivity index (χ4v) is 3.67. The van der Waals surface area contributed by atoms with Gasteiger partial charge in [0.2, 0.25) is 0 Å². The molecule has 134 valence electrons. The van der Waals surface area contributed by atoms with E-state index >= 15 is 0 Å². The molecule has 0 amide bonds. The molecular formula is C20H25NO4. The Labute approximate surface area is 148 Å². The lowest BCUT2D eigenvalue weighted by atomic mass is 9.86. The molecule has 5 heteroatoms. The number of aliphatic hydroxyl groups excluding tert-OH is 1. The van der Waals surface area contributed by atoms with Gasteiger partial charge < -0.3 is 19.1 Å². The molecule has 1 heterocycles. The van der Waals surface area contributed by atoms with Crippen LogP contribution >= 0.6 is 0 Å². The number of hydrogen-bond donors (Lipinski definition) is 1. The molecule has 2 aromatic rings. The molecule has 0 saturated carbocycles. The van der Waals surface area contributed by atoms with Gasteiger partial charge in [0.1, 0.15) is 5.75 Å². The van der Waals surface area contributed by atoms with Crippen molar-refractivity contribution in [3.63, 3.8) is 0 Å². The summed E-state index contributed by atoms with van der Waals surface area (Å²) in [6.45, 7) is 3.02. The summed E-state index contributed by atoms with van der Waals surface area (Å²) < 4.78 is 12.8. The van der Waals surface area contributed by atoms with E-state index in [0.29, 0.717) is 19.6 Å². The Hall–Kier alpha value is -2.27. The number of esters is 1. The van der Waals surface area contributed by atoms with Crippen LogP contribution in [0.15, 0.2) is 24.4 Å². The molecule has 0 radical (unpaired) electrons. The van der Waals surface area contributed by atoms with Gasteiger partial charge in [-0.2, -0.15) is 0 Å². The standard InChI is InChI=1S/C20H25NO4/c1-3-25-19(23)12-17-20-14(13-21(17)10-5-11-22)8-9-15-16(20)6-4-7-18(15)24-2/h4,6-7,13,22H,3,5,8-12H2,1-2H3. The highest BCUT2D eigenvalue weighted by Crippen LogP contribution is 2.41. The Balaban J connectivity index is 2.09. The Morgan fingerprint density at radius 2 is 2.16 bits per heavy atom. The number of fused-ring (bicyclic) bond motifs is 3. The number of benzene rings is 1. The topological polar surface area (TPSA) is 60.7 Å². The lowest BCUT2D eigenvalue weighted by Crippen LogP contribution is -2.14. The molecule has 1 aliphatic rings. The van der Waals surface area contributed by atoms with Crippen molar-refractivity contribution in [1.82, 2.24) is 4.57 Å². The van der Waals surface area contributed by atoms with Gasteiger partial charge >= 0.3 is 5.97 Å². The summed E-state index contributed by atoms with van der Waals surface area (Å²) in [6.07, 6.45) is 4.88. The fourth-order valence-electron chi connectivity index (χ4n) is 3.67. The lowest BCUT2D eigenvalue weighted by molar-refractivity contribution is -0.142. The van der Waals surface area contributed by atoms with Gasteiger partial charge in [0.15, 0.2) is 0 Å². The second-order valence-corrected chi connectivity index (χ2v) is 6.21. The summed E-state index contributed by atoms with van der Waals surface area (Å²) in [6, 6.07) is 6.07. The maximum Gasteiger partial charge on any atom is 0.311 e. The van der Waals surface area contributed by atoms with E-state index in [0.717, 1.165) is 35.4 Å². The van der Waals surface area contributed by atoms with Crippen molar-refractivity contribution in [3.8, 4) is 16.9 Å². The van der Waals surface area contributed by atoms with Gasteiger partial charge in [-0.05, 0) is 43.4 Å². The van der Waals surface area contributed by atoms with Crippen molar-refractivity contribution in [3.05, 3.63) is 41.2 Å². The van der Waals surface area contributed by atoms with Crippen LogP contribution in [0.3, 0.4) is 0 Å². The largest absolute Gasteiger partial charge is 0.496 e. The highest BCUT2D eigenvalue weighted by atomic mass is 16.5. The predicted molar refractivity (Wildman–Crippen MR) is 95.9 cm³/mol. The first kappa shape index (κ1) is 17.5. The first-order valence-corrected chi connectivity index (χ1v) is 8.83. The summed E-state index contributed by atoms with van der Waals surface area (Å²) >= 11 is 0. The van der Waals surface area contributed by atoms with Gasteiger partial charge in [0.05, 0.1) is 20.1 Å². The molecule has 1 aliphatic carbocycles. The van der Waals surface area contributed by atoms with Crippen LogP contribution in [0.2, 0.25) is 0 Å². The van der Waals surface area contributed by atoms with Crippen molar-refractivity contribution in [2.75, 3.05) is 20.3 Å². The average Bonchev–Trinajstić information content (AvgIpc) is 2.97. The van der Waals surface area contributed by atoms with Crippen LogP contribution in [0.25, 0.3) is 11.1 Å². The molecular weight excluding hydrogens is 318 g/mol. The minimum absolute atomic E-state index is 0.131. The minimum atomic E-state index is -0.219. The Morgan fingerprint density at radius 3 is 2.88 bits per heavy atom. The lowest BCUT2D eigenvalue weighted by Gasteiger charge is -2.20. The summed E-state index contributed by atoms with van der Waals surface area (Å²) in [5.41, 5.74) is 5.69. The molecule has 0 bridgehead atoms. The fraction of sp³-hybridized carbons (Fsp3) is 0.450. The molecule has 5 nitrogen and oxygen atoms in total. The zero-order chi connectivity index (χ0) is 17.8. The van der Waals surface area contributed by atoms with Crippen LogP contribution in [0.1, 0.15) is 30.2 Å². The molecule has 1 aromatic heterocycles. The average molecular weight is 343 g/mol. The number of nitrogens with zero attached hydrogens (tertiary/aromatic N) is 1. The zero-order valence-electron chi connectivity index (χ0n) is 14.9. The quantitative estimate of drug-likeness (QED) is 0.785. The third-order valence-corrected chi connectivity index (χ3v) is 4.71. The maximum atomic E-state index is 12.1. The van der Waals surface area contributed by atoms with Crippen LogP contribution in [-0.4, -0.2) is 36.0 Å². The number of carbonyl (C=O) groups is 1. The summed E-state index contributed by atoms with van der Waals surface area (Å²) in [7, 11) is 1.69. The van der Waals surface area contributed by atoms with Crippen LogP contribution < -0.4 is 4.74 Å². The monoisotopic (exact) mass is 343 g/mol. The predicted octanol–water partition coefficient (Wildman–Crippen LogP) is 2.75. The second kappa shape index (κ2) is 7.74. The van der Waals surface area contributed by atoms with Crippen molar-refractivity contribution >= 4 is 5.97 Å². The highest BCUT2D eigenvalue weighted by molar-refractivity contribution is 5.82. The van der Waals surface area contributed by atoms with Crippen molar-refractivity contribution in [2.24, 2.45) is 0 Å². The molecule has 1 N–H and O–H groups in total. The molecule has 0 fully saturated rings. The Bertz CT molecular complexity index is 763. The number of hydrogen-bond acceptors (Lipinski definition) is 4. The van der Waals surface area contributed by atoms with Gasteiger partial charge in [0.25, 0.3) is 0 Å². The third-order valence-electron chi connectivity index (χ3n) is 4.71. The molecule has 0 unspecified atom stereocenters. The first-order valence-electron chi connectivity index (χ1n) is 8.83. The SMILES string of the molecule is CCOC(=O)Cc1c2c(cn1CCCO)CCc1c(OC)cccc1-2. The van der Waals surface area contributed by atoms with Gasteiger partial charge in [0, 0.05) is 36.2 Å². The van der Waals surface area contributed by atoms with E-state index < -0.39 is 0 Å². The number of aliphatic hydroxyl groups is 1. The number of rotatable bonds is 7. The number of ether oxygens (including phenoxy) is 2. The van der Waals surface area contributed by atoms with E-state index in [1.54, 1.807) is 7.11 Å². The van der Waals surface area contributed by atoms with E-state index in [-0.39, 0.29) is 19.0 Å². The van der Waals surface area contributed by atoms with E-state index in [4.69, 9.17) is 9.47 Å². The van der Waals surface area contributed by atoms with E-state index in [1.165, 1.54) is 11.1 Å². The van der Waals surface area contributed by atoms with Gasteiger partial charge in [-0.1, -0.05) is 12.1 Å². The third kappa shape index (κ3) is 3.42. The Morgan fingerprint density at radius 1 is 1.32 bits per heavy atom. The van der Waals surface area contributed by atoms with Gasteiger partial charge in [-0.25, -0.2) is 0 Å². The van der Waals surface area contributed by atoms with Crippen LogP contribution in [0.4, 0.5) is 0 Å². The molecule has 0 spiro atoms. The van der Waals surface area contributed by atoms with Gasteiger partial charge in [-0.3, -0.25) is 4.79 Å². The number of methoxy groups -OCH3 is 1. The number of aryl methyl sites for hydroxylation is 2. The van der Waals surface area contributed by atoms with Crippen LogP contribution in [-0.2, 0) is 35.3 Å². The van der Waals surface area contributed by atoms with Crippen LogP contribution in [0.5, 0.6) is 5.75 Å². The summed E-state index contributed by atoms with van der Waals surface area (Å²) in [5.74, 6) is 0.678. The number of aromatic nitrogens is 1. The molecule has 0 saturated heterocycles. The van der Waals surface area contributed by atoms with Crippen molar-refractivity contribution in [1.29, 1.82) is 0 Å². The van der Waals surface area contributed by atoms with E-state index in [9.17, 15) is 9.90 Å². The minimum Gasteiger partial charge on any atom is -0.496 e. The first-order chi connectivity index (χ1) is 12.2. The second-order valence-electron chi connectivity index (χ2n) is 6.21. The zero-order valence-corrected chi connectivity index (χ0v) is 14.9. The molecule has 0 atom stereocenters. The van der Waals surface area contributed by atoms with Crippen molar-refractivity contribution in [2.45, 2.75) is 39.2 Å². The number of carbonyl (C=O) groups excluding carboxylic acids is 1. The normalized spacial score (nSPS) is 12.4. The van der Waals surface area contributed by atoms with Crippen molar-refractivity contribution < 1.29 is 19.4 Å². The molecule has 0 aliphatic heterocycles. The molecule has 25 heavy (non-hydrogen) atoms. The smallest absolute Gasteiger partial charge is 0.311 e. The van der Waals surface area contributed by atoms with Crippen LogP contribution in [0, 0.1) is 0 Å². The molecule has 3 rings (SSSR count). The molecule has 1 aromatic carbocycles. The summed E-state index contributed by atoms with van der Waals surface area (Å²) in [4.78, 5) is 12.1. The Kier molecular flexibility index (Phi) is 5.43. The highest BCUT2D eigenvalue weighted by Gasteiger charge is 2.26.